The lowest BCUT2D eigenvalue weighted by Gasteiger charge is -1.98. The third-order valence-corrected chi connectivity index (χ3v) is 4.21. The van der Waals surface area contributed by atoms with Crippen molar-refractivity contribution in [2.45, 2.75) is 6.54 Å². The second kappa shape index (κ2) is 5.48. The fraction of sp³-hybridized carbons (Fsp3) is 0.200. The van der Waals surface area contributed by atoms with Crippen molar-refractivity contribution < 1.29 is 9.53 Å². The third-order valence-electron chi connectivity index (χ3n) is 1.95. The fourth-order valence-corrected chi connectivity index (χ4v) is 2.91. The van der Waals surface area contributed by atoms with Crippen molar-refractivity contribution in [2.75, 3.05) is 12.4 Å². The Bertz CT molecular complexity index is 510. The molecule has 0 aromatic carbocycles. The van der Waals surface area contributed by atoms with Gasteiger partial charge in [0, 0.05) is 4.88 Å². The van der Waals surface area contributed by atoms with Crippen LogP contribution in [0.15, 0.2) is 17.5 Å². The summed E-state index contributed by atoms with van der Waals surface area (Å²) < 4.78 is 4.60. The maximum Gasteiger partial charge on any atom is 0.351 e. The third kappa shape index (κ3) is 2.96. The Morgan fingerprint density at radius 3 is 3.12 bits per heavy atom. The van der Waals surface area contributed by atoms with Crippen molar-refractivity contribution in [1.29, 1.82) is 0 Å². The normalized spacial score (nSPS) is 10.2. The molecule has 0 fully saturated rings. The number of rotatable bonds is 4. The summed E-state index contributed by atoms with van der Waals surface area (Å²) in [7, 11) is 1.32. The molecular formula is C10H9ClN2O2S2. The number of nitrogens with zero attached hydrogens (tertiary/aromatic N) is 1. The molecule has 0 saturated carbocycles. The molecule has 90 valence electrons. The number of thiazole rings is 1. The summed E-state index contributed by atoms with van der Waals surface area (Å²) in [5.74, 6) is -0.461. The molecule has 0 unspecified atom stereocenters. The van der Waals surface area contributed by atoms with E-state index in [1.807, 2.05) is 17.5 Å². The number of thiophene rings is 1. The summed E-state index contributed by atoms with van der Waals surface area (Å²) >= 11 is 8.68. The lowest BCUT2D eigenvalue weighted by atomic mass is 10.5. The molecule has 0 spiro atoms. The minimum Gasteiger partial charge on any atom is -0.465 e. The lowest BCUT2D eigenvalue weighted by Crippen LogP contribution is -1.98. The van der Waals surface area contributed by atoms with Gasteiger partial charge >= 0.3 is 5.97 Å². The van der Waals surface area contributed by atoms with E-state index in [9.17, 15) is 4.79 Å². The van der Waals surface area contributed by atoms with Gasteiger partial charge in [-0.25, -0.2) is 9.78 Å². The summed E-state index contributed by atoms with van der Waals surface area (Å²) in [6.07, 6.45) is 0. The van der Waals surface area contributed by atoms with Crippen molar-refractivity contribution in [1.82, 2.24) is 4.98 Å². The van der Waals surface area contributed by atoms with E-state index in [1.54, 1.807) is 11.3 Å². The van der Waals surface area contributed by atoms with E-state index < -0.39 is 5.97 Å². The Balaban J connectivity index is 2.05. The number of hydrogen-bond acceptors (Lipinski definition) is 6. The molecule has 2 aromatic rings. The van der Waals surface area contributed by atoms with Gasteiger partial charge in [-0.1, -0.05) is 29.0 Å². The number of carbonyl (C=O) groups excluding carboxylic acids is 1. The van der Waals surface area contributed by atoms with Crippen molar-refractivity contribution in [3.63, 3.8) is 0 Å². The SMILES string of the molecule is COC(=O)c1sc(NCc2cccs2)nc1Cl. The molecule has 7 heteroatoms. The summed E-state index contributed by atoms with van der Waals surface area (Å²) in [6, 6.07) is 4.00. The average Bonchev–Trinajstić information content (AvgIpc) is 2.94. The number of esters is 1. The van der Waals surface area contributed by atoms with Crippen LogP contribution < -0.4 is 5.32 Å². The predicted molar refractivity (Wildman–Crippen MR) is 70.1 cm³/mol. The molecule has 0 aliphatic carbocycles. The van der Waals surface area contributed by atoms with Gasteiger partial charge in [-0.05, 0) is 11.4 Å². The Labute approximate surface area is 111 Å². The molecule has 0 saturated heterocycles. The first kappa shape index (κ1) is 12.3. The van der Waals surface area contributed by atoms with Gasteiger partial charge in [0.15, 0.2) is 15.2 Å². The zero-order valence-electron chi connectivity index (χ0n) is 8.90. The van der Waals surface area contributed by atoms with Crippen LogP contribution in [-0.2, 0) is 11.3 Å². The number of nitrogens with one attached hydrogen (secondary N) is 1. The molecule has 0 aliphatic rings. The van der Waals surface area contributed by atoms with E-state index in [-0.39, 0.29) is 5.15 Å². The number of carbonyl (C=O) groups is 1. The molecule has 0 amide bonds. The van der Waals surface area contributed by atoms with Crippen LogP contribution in [0.5, 0.6) is 0 Å². The molecule has 2 aromatic heterocycles. The monoisotopic (exact) mass is 288 g/mol. The van der Waals surface area contributed by atoms with Crippen molar-refractivity contribution in [3.05, 3.63) is 32.4 Å². The van der Waals surface area contributed by atoms with E-state index >= 15 is 0 Å². The Kier molecular flexibility index (Phi) is 3.98. The average molecular weight is 289 g/mol. The van der Waals surface area contributed by atoms with Gasteiger partial charge in [0.05, 0.1) is 13.7 Å². The molecule has 4 nitrogen and oxygen atoms in total. The second-order valence-electron chi connectivity index (χ2n) is 3.06. The maximum atomic E-state index is 11.3. The molecule has 1 N–H and O–H groups in total. The van der Waals surface area contributed by atoms with Crippen LogP contribution >= 0.6 is 34.3 Å². The van der Waals surface area contributed by atoms with Gasteiger partial charge in [-0.3, -0.25) is 0 Å². The Morgan fingerprint density at radius 1 is 1.65 bits per heavy atom. The van der Waals surface area contributed by atoms with Crippen LogP contribution in [0.4, 0.5) is 5.13 Å². The largest absolute Gasteiger partial charge is 0.465 e. The molecule has 0 radical (unpaired) electrons. The highest BCUT2D eigenvalue weighted by Gasteiger charge is 2.16. The smallest absolute Gasteiger partial charge is 0.351 e. The minimum atomic E-state index is -0.461. The van der Waals surface area contributed by atoms with Crippen molar-refractivity contribution in [2.24, 2.45) is 0 Å². The van der Waals surface area contributed by atoms with Crippen LogP contribution in [0, 0.1) is 0 Å². The van der Waals surface area contributed by atoms with Crippen LogP contribution in [0.25, 0.3) is 0 Å². The molecule has 2 rings (SSSR count). The Morgan fingerprint density at radius 2 is 2.47 bits per heavy atom. The first-order valence-corrected chi connectivity index (χ1v) is 6.79. The highest BCUT2D eigenvalue weighted by Crippen LogP contribution is 2.28. The predicted octanol–water partition coefficient (Wildman–Crippen LogP) is 3.26. The van der Waals surface area contributed by atoms with Crippen molar-refractivity contribution in [3.8, 4) is 0 Å². The first-order chi connectivity index (χ1) is 8.20. The van der Waals surface area contributed by atoms with Gasteiger partial charge in [-0.2, -0.15) is 0 Å². The number of anilines is 1. The highest BCUT2D eigenvalue weighted by atomic mass is 35.5. The topological polar surface area (TPSA) is 51.2 Å². The molecule has 0 bridgehead atoms. The molecule has 0 aliphatic heterocycles. The number of ether oxygens (including phenoxy) is 1. The van der Waals surface area contributed by atoms with Crippen LogP contribution in [0.2, 0.25) is 5.15 Å². The minimum absolute atomic E-state index is 0.176. The standard InChI is InChI=1S/C10H9ClN2O2S2/c1-15-9(14)7-8(11)13-10(17-7)12-5-6-3-2-4-16-6/h2-4H,5H2,1H3,(H,12,13). The zero-order chi connectivity index (χ0) is 12.3. The van der Waals surface area contributed by atoms with E-state index in [0.29, 0.717) is 16.6 Å². The summed E-state index contributed by atoms with van der Waals surface area (Å²) in [5, 5.41) is 5.91. The van der Waals surface area contributed by atoms with Crippen molar-refractivity contribution >= 4 is 45.4 Å². The summed E-state index contributed by atoms with van der Waals surface area (Å²) in [6.45, 7) is 0.669. The van der Waals surface area contributed by atoms with Gasteiger partial charge in [0.2, 0.25) is 0 Å². The summed E-state index contributed by atoms with van der Waals surface area (Å²) in [5.41, 5.74) is 0. The first-order valence-electron chi connectivity index (χ1n) is 4.71. The second-order valence-corrected chi connectivity index (χ2v) is 5.45. The van der Waals surface area contributed by atoms with E-state index in [1.165, 1.54) is 23.3 Å². The van der Waals surface area contributed by atoms with E-state index in [0.717, 1.165) is 0 Å². The zero-order valence-corrected chi connectivity index (χ0v) is 11.3. The van der Waals surface area contributed by atoms with Gasteiger partial charge in [-0.15, -0.1) is 11.3 Å². The van der Waals surface area contributed by atoms with E-state index in [4.69, 9.17) is 11.6 Å². The number of methoxy groups -OCH3 is 1. The fourth-order valence-electron chi connectivity index (χ4n) is 1.17. The van der Waals surface area contributed by atoms with Crippen LogP contribution in [-0.4, -0.2) is 18.1 Å². The molecule has 17 heavy (non-hydrogen) atoms. The quantitative estimate of drug-likeness (QED) is 0.878. The number of aromatic nitrogens is 1. The molecule has 2 heterocycles. The highest BCUT2D eigenvalue weighted by molar-refractivity contribution is 7.18. The van der Waals surface area contributed by atoms with Crippen LogP contribution in [0.3, 0.4) is 0 Å². The molecular weight excluding hydrogens is 280 g/mol. The van der Waals surface area contributed by atoms with Crippen LogP contribution in [0.1, 0.15) is 14.5 Å². The molecule has 0 atom stereocenters. The summed E-state index contributed by atoms with van der Waals surface area (Å²) in [4.78, 5) is 16.9. The van der Waals surface area contributed by atoms with E-state index in [2.05, 4.69) is 15.0 Å². The Hall–Kier alpha value is -1.11. The number of hydrogen-bond donors (Lipinski definition) is 1. The van der Waals surface area contributed by atoms with Gasteiger partial charge in [0.1, 0.15) is 0 Å². The van der Waals surface area contributed by atoms with Gasteiger partial charge in [0.25, 0.3) is 0 Å². The lowest BCUT2D eigenvalue weighted by molar-refractivity contribution is 0.0606. The van der Waals surface area contributed by atoms with Gasteiger partial charge < -0.3 is 10.1 Å². The number of halogens is 1. The maximum absolute atomic E-state index is 11.3.